The lowest BCUT2D eigenvalue weighted by atomic mass is 9.81. The Labute approximate surface area is 129 Å². The van der Waals surface area contributed by atoms with Crippen molar-refractivity contribution in [3.63, 3.8) is 0 Å². The normalized spacial score (nSPS) is 31.7. The lowest BCUT2D eigenvalue weighted by Crippen LogP contribution is -2.76. The van der Waals surface area contributed by atoms with Gasteiger partial charge in [0.1, 0.15) is 12.2 Å². The fourth-order valence-electron chi connectivity index (χ4n) is 1.90. The highest BCUT2D eigenvalue weighted by Gasteiger charge is 2.81. The fraction of sp³-hybridized carbons (Fsp3) is 0.923. The quantitative estimate of drug-likeness (QED) is 0.624. The molecule has 1 N–H and O–H groups in total. The summed E-state index contributed by atoms with van der Waals surface area (Å²) in [4.78, 5) is 11.8. The smallest absolute Gasteiger partial charge is 0.429 e. The Balaban J connectivity index is 3.13. The molecule has 2 unspecified atom stereocenters. The molecule has 0 bridgehead atoms. The van der Waals surface area contributed by atoms with Crippen LogP contribution >= 0.6 is 0 Å². The number of ether oxygens (including phenoxy) is 3. The average molecular weight is 350 g/mol. The zero-order valence-electron chi connectivity index (χ0n) is 13.1. The van der Waals surface area contributed by atoms with Gasteiger partial charge in [-0.2, -0.15) is 22.0 Å². The molecule has 0 aromatic heterocycles. The number of aliphatic hydroxyl groups is 1. The van der Waals surface area contributed by atoms with E-state index in [9.17, 15) is 31.9 Å². The maximum atomic E-state index is 13.7. The number of alkyl halides is 5. The molecule has 0 saturated carbocycles. The average Bonchev–Trinajstić information content (AvgIpc) is 2.40. The molecule has 23 heavy (non-hydrogen) atoms. The monoisotopic (exact) mass is 350 g/mol. The van der Waals surface area contributed by atoms with E-state index in [1.165, 1.54) is 13.8 Å². The third kappa shape index (κ3) is 3.16. The molecule has 136 valence electrons. The number of hydrogen-bond donors (Lipinski definition) is 1. The van der Waals surface area contributed by atoms with Crippen LogP contribution in [0.5, 0.6) is 0 Å². The van der Waals surface area contributed by atoms with E-state index in [1.54, 1.807) is 6.92 Å². The molecule has 0 amide bonds. The van der Waals surface area contributed by atoms with Gasteiger partial charge in [-0.25, -0.2) is 0 Å². The van der Waals surface area contributed by atoms with Crippen LogP contribution in [0.15, 0.2) is 0 Å². The van der Waals surface area contributed by atoms with Gasteiger partial charge in [0.25, 0.3) is 5.60 Å². The highest BCUT2D eigenvalue weighted by molar-refractivity contribution is 5.75. The van der Waals surface area contributed by atoms with Gasteiger partial charge >= 0.3 is 18.3 Å². The van der Waals surface area contributed by atoms with E-state index in [0.717, 1.165) is 0 Å². The predicted octanol–water partition coefficient (Wildman–Crippen LogP) is 2.62. The van der Waals surface area contributed by atoms with Gasteiger partial charge in [-0.3, -0.25) is 9.53 Å². The molecule has 0 spiro atoms. The lowest BCUT2D eigenvalue weighted by molar-refractivity contribution is -0.493. The molecule has 1 fully saturated rings. The molecular weight excluding hydrogens is 331 g/mol. The van der Waals surface area contributed by atoms with Crippen molar-refractivity contribution in [1.29, 1.82) is 0 Å². The van der Waals surface area contributed by atoms with Crippen LogP contribution in [0.25, 0.3) is 0 Å². The Morgan fingerprint density at radius 3 is 2.22 bits per heavy atom. The maximum Gasteiger partial charge on any atom is 0.429 e. The predicted molar refractivity (Wildman–Crippen MR) is 66.4 cm³/mol. The van der Waals surface area contributed by atoms with E-state index in [1.807, 2.05) is 0 Å². The minimum Gasteiger partial charge on any atom is -0.462 e. The third-order valence-corrected chi connectivity index (χ3v) is 4.13. The maximum absolute atomic E-state index is 13.7. The molecule has 1 saturated heterocycles. The molecule has 0 aromatic rings. The topological polar surface area (TPSA) is 65.0 Å². The molecular formula is C13H19F5O5. The van der Waals surface area contributed by atoms with Crippen LogP contribution in [-0.4, -0.2) is 48.0 Å². The largest absolute Gasteiger partial charge is 0.462 e. The summed E-state index contributed by atoms with van der Waals surface area (Å²) in [6.45, 7) is 2.78. The minimum atomic E-state index is -5.79. The van der Waals surface area contributed by atoms with Crippen LogP contribution in [0.3, 0.4) is 0 Å². The number of rotatable bonds is 4. The summed E-state index contributed by atoms with van der Waals surface area (Å²) in [7, 11) is 0. The Morgan fingerprint density at radius 1 is 1.26 bits per heavy atom. The van der Waals surface area contributed by atoms with Crippen LogP contribution in [0.1, 0.15) is 34.1 Å². The van der Waals surface area contributed by atoms with Crippen molar-refractivity contribution in [1.82, 2.24) is 0 Å². The van der Waals surface area contributed by atoms with Crippen molar-refractivity contribution in [3.05, 3.63) is 0 Å². The van der Waals surface area contributed by atoms with E-state index in [-0.39, 0.29) is 0 Å². The molecule has 1 heterocycles. The van der Waals surface area contributed by atoms with E-state index in [0.29, 0.717) is 13.3 Å². The van der Waals surface area contributed by atoms with Crippen LogP contribution in [-0.2, 0) is 19.0 Å². The van der Waals surface area contributed by atoms with Gasteiger partial charge in [0.2, 0.25) is 0 Å². The molecule has 0 aliphatic carbocycles. The first-order valence-electron chi connectivity index (χ1n) is 6.77. The molecule has 2 atom stereocenters. The van der Waals surface area contributed by atoms with Gasteiger partial charge in [-0.15, -0.1) is 0 Å². The van der Waals surface area contributed by atoms with Crippen molar-refractivity contribution >= 4 is 5.97 Å². The van der Waals surface area contributed by atoms with Gasteiger partial charge in [-0.1, -0.05) is 6.92 Å². The molecule has 0 radical (unpaired) electrons. The van der Waals surface area contributed by atoms with Crippen LogP contribution in [0, 0.1) is 5.41 Å². The van der Waals surface area contributed by atoms with Crippen molar-refractivity contribution in [2.24, 2.45) is 5.41 Å². The highest BCUT2D eigenvalue weighted by atomic mass is 19.4. The number of carbonyl (C=O) groups is 1. The Hall–Kier alpha value is -1.00. The summed E-state index contributed by atoms with van der Waals surface area (Å²) >= 11 is 0. The Kier molecular flexibility index (Phi) is 5.07. The van der Waals surface area contributed by atoms with Crippen LogP contribution in [0.2, 0.25) is 0 Å². The highest BCUT2D eigenvalue weighted by Crippen LogP contribution is 2.52. The minimum absolute atomic E-state index is 0.312. The summed E-state index contributed by atoms with van der Waals surface area (Å²) in [5.74, 6) is -0.899. The first kappa shape index (κ1) is 20.0. The zero-order valence-corrected chi connectivity index (χ0v) is 13.1. The summed E-state index contributed by atoms with van der Waals surface area (Å²) in [6.07, 6.45) is -10.4. The van der Waals surface area contributed by atoms with Crippen LogP contribution in [0.4, 0.5) is 22.0 Å². The lowest BCUT2D eigenvalue weighted by Gasteiger charge is -2.50. The van der Waals surface area contributed by atoms with Crippen molar-refractivity contribution in [2.45, 2.75) is 57.6 Å². The molecule has 5 nitrogen and oxygen atoms in total. The first-order valence-corrected chi connectivity index (χ1v) is 6.77. The number of esters is 1. The SMILES string of the molecule is CCC(C)(C)C(=O)OCC1(C)OCOC(F)(F)C1(O)C(F)(F)F. The van der Waals surface area contributed by atoms with Gasteiger partial charge in [-0.05, 0) is 27.2 Å². The number of carbonyl (C=O) groups excluding carboxylic acids is 1. The van der Waals surface area contributed by atoms with Crippen LogP contribution < -0.4 is 0 Å². The fourth-order valence-corrected chi connectivity index (χ4v) is 1.90. The second kappa shape index (κ2) is 5.82. The van der Waals surface area contributed by atoms with Gasteiger partial charge in [0.15, 0.2) is 6.79 Å². The van der Waals surface area contributed by atoms with Gasteiger partial charge in [0.05, 0.1) is 5.41 Å². The third-order valence-electron chi connectivity index (χ3n) is 4.13. The van der Waals surface area contributed by atoms with E-state index < -0.39 is 48.3 Å². The van der Waals surface area contributed by atoms with Crippen molar-refractivity contribution in [3.8, 4) is 0 Å². The number of halogens is 5. The summed E-state index contributed by atoms with van der Waals surface area (Å²) in [6, 6.07) is 0. The molecule has 1 rings (SSSR count). The second-order valence-corrected chi connectivity index (χ2v) is 6.18. The molecule has 0 aromatic carbocycles. The van der Waals surface area contributed by atoms with E-state index >= 15 is 0 Å². The molecule has 1 aliphatic rings. The summed E-state index contributed by atoms with van der Waals surface area (Å²) in [5, 5.41) is 9.71. The zero-order chi connectivity index (χ0) is 18.3. The van der Waals surface area contributed by atoms with E-state index in [4.69, 9.17) is 4.74 Å². The van der Waals surface area contributed by atoms with E-state index in [2.05, 4.69) is 9.47 Å². The Bertz CT molecular complexity index is 464. The Morgan fingerprint density at radius 2 is 1.78 bits per heavy atom. The number of hydrogen-bond acceptors (Lipinski definition) is 5. The second-order valence-electron chi connectivity index (χ2n) is 6.18. The summed E-state index contributed by atoms with van der Waals surface area (Å²) in [5.41, 5.74) is -8.64. The van der Waals surface area contributed by atoms with Crippen molar-refractivity contribution < 1.29 is 46.1 Å². The van der Waals surface area contributed by atoms with Gasteiger partial charge in [0, 0.05) is 0 Å². The standard InChI is InChI=1S/C13H19F5O5/c1-5-9(2,3)8(19)21-6-10(4)11(20,12(14,15)16)13(17,18)23-7-22-10/h20H,5-7H2,1-4H3. The summed E-state index contributed by atoms with van der Waals surface area (Å²) < 4.78 is 79.6. The molecule has 10 heteroatoms. The van der Waals surface area contributed by atoms with Crippen molar-refractivity contribution in [2.75, 3.05) is 13.4 Å². The molecule has 1 aliphatic heterocycles. The van der Waals surface area contributed by atoms with Gasteiger partial charge < -0.3 is 14.6 Å². The first-order chi connectivity index (χ1) is 10.1.